The number of pyridine rings is 1. The lowest BCUT2D eigenvalue weighted by atomic mass is 9.79. The third kappa shape index (κ3) is 7.83. The first-order valence-electron chi connectivity index (χ1n) is 12.8. The summed E-state index contributed by atoms with van der Waals surface area (Å²) in [6.07, 6.45) is 5.64. The van der Waals surface area contributed by atoms with E-state index in [0.717, 1.165) is 71.9 Å². The standard InChI is InChI=1S/C28H35ClN2O4S2/c1-35-21-5-6-25-23(17-21)22(9-12-30-25)26(32)7-3-19-10-14-31(18-20(19)4-8-27(33)34)13-2-15-36-28-24(29)11-16-37-28/h5-6,9,11-12,16-17,19-20,26,32H,2-4,7-8,10,13-15,18H2,1H3,(H,33,34)/t19?,20?,26-/m0/s1. The molecule has 1 aliphatic rings. The third-order valence-electron chi connectivity index (χ3n) is 7.29. The van der Waals surface area contributed by atoms with E-state index in [1.54, 1.807) is 24.6 Å². The number of aliphatic hydroxyl groups excluding tert-OH is 1. The van der Waals surface area contributed by atoms with Crippen LogP contribution in [0.5, 0.6) is 5.75 Å². The highest BCUT2D eigenvalue weighted by Gasteiger charge is 2.30. The van der Waals surface area contributed by atoms with Gasteiger partial charge in [0, 0.05) is 30.3 Å². The van der Waals surface area contributed by atoms with E-state index in [4.69, 9.17) is 16.3 Å². The first-order valence-corrected chi connectivity index (χ1v) is 15.1. The number of ether oxygens (including phenoxy) is 1. The monoisotopic (exact) mass is 562 g/mol. The molecule has 0 amide bonds. The number of likely N-dealkylation sites (tertiary alicyclic amines) is 1. The van der Waals surface area contributed by atoms with Gasteiger partial charge in [-0.05, 0) is 98.3 Å². The highest BCUT2D eigenvalue weighted by Crippen LogP contribution is 2.36. The summed E-state index contributed by atoms with van der Waals surface area (Å²) >= 11 is 9.70. The number of benzene rings is 1. The average Bonchev–Trinajstić information content (AvgIpc) is 3.32. The van der Waals surface area contributed by atoms with Gasteiger partial charge in [-0.2, -0.15) is 0 Å². The predicted octanol–water partition coefficient (Wildman–Crippen LogP) is 6.76. The molecule has 6 nitrogen and oxygen atoms in total. The fourth-order valence-corrected chi connectivity index (χ4v) is 7.60. The molecule has 2 N–H and O–H groups in total. The second-order valence-electron chi connectivity index (χ2n) is 9.68. The predicted molar refractivity (Wildman–Crippen MR) is 152 cm³/mol. The lowest BCUT2D eigenvalue weighted by Gasteiger charge is -2.39. The van der Waals surface area contributed by atoms with Crippen LogP contribution in [0.25, 0.3) is 10.9 Å². The van der Waals surface area contributed by atoms with Gasteiger partial charge in [0.15, 0.2) is 0 Å². The van der Waals surface area contributed by atoms with Crippen LogP contribution >= 0.6 is 34.7 Å². The van der Waals surface area contributed by atoms with Crippen LogP contribution in [-0.4, -0.2) is 58.6 Å². The molecule has 9 heteroatoms. The zero-order chi connectivity index (χ0) is 26.2. The summed E-state index contributed by atoms with van der Waals surface area (Å²) in [7, 11) is 1.63. The number of carboxylic acids is 1. The van der Waals surface area contributed by atoms with Crippen molar-refractivity contribution in [1.82, 2.24) is 9.88 Å². The molecule has 0 saturated carbocycles. The highest BCUT2D eigenvalue weighted by molar-refractivity contribution is 8.01. The minimum absolute atomic E-state index is 0.194. The van der Waals surface area contributed by atoms with E-state index in [1.807, 2.05) is 47.5 Å². The third-order valence-corrected chi connectivity index (χ3v) is 10.2. The summed E-state index contributed by atoms with van der Waals surface area (Å²) in [5.74, 6) is 1.76. The molecule has 0 radical (unpaired) electrons. The van der Waals surface area contributed by atoms with Gasteiger partial charge in [0.05, 0.1) is 28.0 Å². The Kier molecular flexibility index (Phi) is 10.5. The van der Waals surface area contributed by atoms with Crippen LogP contribution in [-0.2, 0) is 4.79 Å². The summed E-state index contributed by atoms with van der Waals surface area (Å²) in [5.41, 5.74) is 1.70. The number of hydrogen-bond acceptors (Lipinski definition) is 7. The fraction of sp³-hybridized carbons (Fsp3) is 0.500. The molecule has 0 spiro atoms. The van der Waals surface area contributed by atoms with Crippen LogP contribution < -0.4 is 4.74 Å². The molecule has 2 aromatic heterocycles. The van der Waals surface area contributed by atoms with Gasteiger partial charge in [-0.15, -0.1) is 23.1 Å². The van der Waals surface area contributed by atoms with E-state index in [9.17, 15) is 15.0 Å². The number of aliphatic hydroxyl groups is 1. The molecule has 3 heterocycles. The topological polar surface area (TPSA) is 82.9 Å². The van der Waals surface area contributed by atoms with E-state index in [0.29, 0.717) is 24.7 Å². The normalized spacial score (nSPS) is 19.2. The molecule has 3 atom stereocenters. The minimum atomic E-state index is -0.739. The van der Waals surface area contributed by atoms with Crippen molar-refractivity contribution in [2.75, 3.05) is 32.5 Å². The molecule has 1 fully saturated rings. The molecule has 37 heavy (non-hydrogen) atoms. The van der Waals surface area contributed by atoms with E-state index in [2.05, 4.69) is 9.88 Å². The fourth-order valence-electron chi connectivity index (χ4n) is 5.30. The Morgan fingerprint density at radius 3 is 2.92 bits per heavy atom. The largest absolute Gasteiger partial charge is 0.497 e. The van der Waals surface area contributed by atoms with Crippen molar-refractivity contribution < 1.29 is 19.7 Å². The lowest BCUT2D eigenvalue weighted by Crippen LogP contribution is -2.41. The van der Waals surface area contributed by atoms with Gasteiger partial charge in [0.1, 0.15) is 5.75 Å². The maximum atomic E-state index is 11.3. The van der Waals surface area contributed by atoms with Crippen molar-refractivity contribution in [1.29, 1.82) is 0 Å². The van der Waals surface area contributed by atoms with E-state index < -0.39 is 12.1 Å². The van der Waals surface area contributed by atoms with Crippen molar-refractivity contribution in [3.63, 3.8) is 0 Å². The number of methoxy groups -OCH3 is 1. The molecule has 4 rings (SSSR count). The van der Waals surface area contributed by atoms with Gasteiger partial charge in [0.2, 0.25) is 0 Å². The first kappa shape index (κ1) is 28.2. The van der Waals surface area contributed by atoms with Crippen LogP contribution in [0.1, 0.15) is 50.2 Å². The number of fused-ring (bicyclic) bond motifs is 1. The van der Waals surface area contributed by atoms with Crippen molar-refractivity contribution in [3.8, 4) is 5.75 Å². The van der Waals surface area contributed by atoms with Crippen LogP contribution in [0.4, 0.5) is 0 Å². The summed E-state index contributed by atoms with van der Waals surface area (Å²) in [6.45, 7) is 2.96. The van der Waals surface area contributed by atoms with Gasteiger partial charge in [-0.25, -0.2) is 0 Å². The van der Waals surface area contributed by atoms with Gasteiger partial charge in [0.25, 0.3) is 0 Å². The quantitative estimate of drug-likeness (QED) is 0.176. The number of carboxylic acid groups (broad SMARTS) is 1. The minimum Gasteiger partial charge on any atom is -0.497 e. The van der Waals surface area contributed by atoms with Crippen molar-refractivity contribution in [2.45, 2.75) is 48.8 Å². The summed E-state index contributed by atoms with van der Waals surface area (Å²) in [4.78, 5) is 18.2. The Bertz CT molecular complexity index is 1170. The second-order valence-corrected chi connectivity index (χ2v) is 12.4. The smallest absolute Gasteiger partial charge is 0.303 e. The van der Waals surface area contributed by atoms with Crippen molar-refractivity contribution >= 4 is 51.6 Å². The Labute approximate surface area is 232 Å². The summed E-state index contributed by atoms with van der Waals surface area (Å²) < 4.78 is 6.55. The number of halogens is 1. The van der Waals surface area contributed by atoms with E-state index in [1.165, 1.54) is 4.21 Å². The summed E-state index contributed by atoms with van der Waals surface area (Å²) in [6, 6.07) is 9.55. The van der Waals surface area contributed by atoms with Gasteiger partial charge in [-0.3, -0.25) is 9.78 Å². The molecule has 1 aliphatic heterocycles. The number of aliphatic carboxylic acids is 1. The maximum Gasteiger partial charge on any atom is 0.303 e. The summed E-state index contributed by atoms with van der Waals surface area (Å²) in [5, 5.41) is 24.2. The Morgan fingerprint density at radius 1 is 1.30 bits per heavy atom. The molecule has 200 valence electrons. The molecule has 1 saturated heterocycles. The molecule has 2 unspecified atom stereocenters. The van der Waals surface area contributed by atoms with Gasteiger partial charge >= 0.3 is 5.97 Å². The first-order chi connectivity index (χ1) is 17.9. The van der Waals surface area contributed by atoms with Crippen LogP contribution in [0.15, 0.2) is 46.1 Å². The zero-order valence-electron chi connectivity index (χ0n) is 21.1. The van der Waals surface area contributed by atoms with Crippen LogP contribution in [0, 0.1) is 11.8 Å². The van der Waals surface area contributed by atoms with E-state index >= 15 is 0 Å². The maximum absolute atomic E-state index is 11.3. The molecule has 3 aromatic rings. The van der Waals surface area contributed by atoms with Crippen molar-refractivity contribution in [3.05, 3.63) is 52.5 Å². The second kappa shape index (κ2) is 13.8. The van der Waals surface area contributed by atoms with Gasteiger partial charge in [-0.1, -0.05) is 11.6 Å². The molecular formula is C28H35ClN2O4S2. The number of piperidine rings is 1. The molecule has 0 bridgehead atoms. The van der Waals surface area contributed by atoms with Gasteiger partial charge < -0.3 is 19.8 Å². The number of nitrogens with zero attached hydrogens (tertiary/aromatic N) is 2. The van der Waals surface area contributed by atoms with Crippen LogP contribution in [0.3, 0.4) is 0 Å². The molecule has 1 aromatic carbocycles. The number of aromatic nitrogens is 1. The Hall–Kier alpha value is -1.84. The zero-order valence-corrected chi connectivity index (χ0v) is 23.5. The Balaban J connectivity index is 1.32. The number of carbonyl (C=O) groups is 1. The Morgan fingerprint density at radius 2 is 2.16 bits per heavy atom. The lowest BCUT2D eigenvalue weighted by molar-refractivity contribution is -0.137. The number of hydrogen-bond donors (Lipinski definition) is 2. The average molecular weight is 563 g/mol. The SMILES string of the molecule is COc1ccc2nccc([C@@H](O)CCC3CCN(CCCSc4sccc4Cl)CC3CCC(=O)O)c2c1. The highest BCUT2D eigenvalue weighted by atomic mass is 35.5. The molecule has 0 aliphatic carbocycles. The number of thioether (sulfide) groups is 1. The van der Waals surface area contributed by atoms with E-state index in [-0.39, 0.29) is 6.42 Å². The molecular weight excluding hydrogens is 528 g/mol. The van der Waals surface area contributed by atoms with Crippen molar-refractivity contribution in [2.24, 2.45) is 11.8 Å². The van der Waals surface area contributed by atoms with Crippen LogP contribution in [0.2, 0.25) is 5.02 Å². The number of rotatable bonds is 13. The number of thiophene rings is 1.